The molecule has 2 rings (SSSR count). The van der Waals surface area contributed by atoms with E-state index < -0.39 is 0 Å². The van der Waals surface area contributed by atoms with Crippen molar-refractivity contribution in [2.24, 2.45) is 0 Å². The zero-order valence-electron chi connectivity index (χ0n) is 14.6. The number of hydrogen-bond acceptors (Lipinski definition) is 3. The first-order valence-corrected chi connectivity index (χ1v) is 8.55. The van der Waals surface area contributed by atoms with E-state index in [1.807, 2.05) is 55.1 Å². The number of carbonyl (C=O) groups is 1. The smallest absolute Gasteiger partial charge is 0.221 e. The van der Waals surface area contributed by atoms with Gasteiger partial charge in [-0.05, 0) is 68.0 Å². The fourth-order valence-electron chi connectivity index (χ4n) is 2.59. The van der Waals surface area contributed by atoms with Crippen LogP contribution < -0.4 is 10.6 Å². The van der Waals surface area contributed by atoms with Crippen LogP contribution in [0.2, 0.25) is 0 Å². The molecule has 0 unspecified atom stereocenters. The SMILES string of the molecule is CCN(C(=S)Nc1ccc(NC(C)=O)cc1)[C@H](C)c1cccc(O)c1. The van der Waals surface area contributed by atoms with Gasteiger partial charge in [-0.3, -0.25) is 4.79 Å². The largest absolute Gasteiger partial charge is 0.508 e. The summed E-state index contributed by atoms with van der Waals surface area (Å²) in [4.78, 5) is 13.1. The molecule has 0 aromatic heterocycles. The summed E-state index contributed by atoms with van der Waals surface area (Å²) in [5.74, 6) is 0.140. The van der Waals surface area contributed by atoms with E-state index >= 15 is 0 Å². The Morgan fingerprint density at radius 3 is 2.28 bits per heavy atom. The molecular formula is C19H23N3O2S. The molecule has 0 bridgehead atoms. The second kappa shape index (κ2) is 8.48. The lowest BCUT2D eigenvalue weighted by Crippen LogP contribution is -2.36. The predicted molar refractivity (Wildman–Crippen MR) is 106 cm³/mol. The highest BCUT2D eigenvalue weighted by molar-refractivity contribution is 7.80. The van der Waals surface area contributed by atoms with Gasteiger partial charge in [-0.1, -0.05) is 12.1 Å². The van der Waals surface area contributed by atoms with Crippen LogP contribution in [0.1, 0.15) is 32.4 Å². The van der Waals surface area contributed by atoms with Crippen molar-refractivity contribution in [1.29, 1.82) is 0 Å². The molecular weight excluding hydrogens is 334 g/mol. The van der Waals surface area contributed by atoms with Gasteiger partial charge in [0.1, 0.15) is 5.75 Å². The highest BCUT2D eigenvalue weighted by Gasteiger charge is 2.17. The fourth-order valence-corrected chi connectivity index (χ4v) is 3.00. The van der Waals surface area contributed by atoms with Crippen LogP contribution in [0.15, 0.2) is 48.5 Å². The van der Waals surface area contributed by atoms with Gasteiger partial charge in [0.2, 0.25) is 5.91 Å². The number of thiocarbonyl (C=S) groups is 1. The van der Waals surface area contributed by atoms with Gasteiger partial charge in [-0.15, -0.1) is 0 Å². The number of amides is 1. The number of aromatic hydroxyl groups is 1. The van der Waals surface area contributed by atoms with Crippen LogP contribution >= 0.6 is 12.2 Å². The molecule has 3 N–H and O–H groups in total. The van der Waals surface area contributed by atoms with Crippen molar-refractivity contribution < 1.29 is 9.90 Å². The molecule has 6 heteroatoms. The molecule has 0 fully saturated rings. The summed E-state index contributed by atoms with van der Waals surface area (Å²) in [6.45, 7) is 6.29. The molecule has 0 aliphatic rings. The van der Waals surface area contributed by atoms with Crippen molar-refractivity contribution >= 4 is 34.6 Å². The maximum absolute atomic E-state index is 11.1. The van der Waals surface area contributed by atoms with E-state index in [0.717, 1.165) is 23.5 Å². The maximum atomic E-state index is 11.1. The summed E-state index contributed by atoms with van der Waals surface area (Å²) in [6, 6.07) is 14.6. The van der Waals surface area contributed by atoms with Gasteiger partial charge in [0, 0.05) is 24.8 Å². The van der Waals surface area contributed by atoms with Crippen molar-refractivity contribution in [3.05, 3.63) is 54.1 Å². The standard InChI is InChI=1S/C19H23N3O2S/c1-4-22(13(2)15-6-5-7-18(24)12-15)19(25)21-17-10-8-16(9-11-17)20-14(3)23/h5-13,24H,4H2,1-3H3,(H,20,23)(H,21,25)/t13-/m1/s1. The Hall–Kier alpha value is -2.60. The minimum absolute atomic E-state index is 0.0238. The second-order valence-electron chi connectivity index (χ2n) is 5.75. The molecule has 132 valence electrons. The Labute approximate surface area is 153 Å². The van der Waals surface area contributed by atoms with Crippen molar-refractivity contribution in [2.45, 2.75) is 26.8 Å². The number of phenolic OH excluding ortho intramolecular Hbond substituents is 1. The molecule has 1 atom stereocenters. The average molecular weight is 357 g/mol. The van der Waals surface area contributed by atoms with Crippen LogP contribution in [-0.4, -0.2) is 27.6 Å². The van der Waals surface area contributed by atoms with Crippen molar-refractivity contribution in [1.82, 2.24) is 4.90 Å². The van der Waals surface area contributed by atoms with Crippen LogP contribution in [0.4, 0.5) is 11.4 Å². The quantitative estimate of drug-likeness (QED) is 0.702. The Morgan fingerprint density at radius 2 is 1.76 bits per heavy atom. The number of hydrogen-bond donors (Lipinski definition) is 3. The Balaban J connectivity index is 2.07. The first kappa shape index (κ1) is 18.7. The molecule has 0 aliphatic heterocycles. The third kappa shape index (κ3) is 5.19. The van der Waals surface area contributed by atoms with Gasteiger partial charge in [-0.2, -0.15) is 0 Å². The summed E-state index contributed by atoms with van der Waals surface area (Å²) in [7, 11) is 0. The molecule has 0 spiro atoms. The van der Waals surface area contributed by atoms with E-state index in [2.05, 4.69) is 10.6 Å². The van der Waals surface area contributed by atoms with Crippen molar-refractivity contribution in [2.75, 3.05) is 17.2 Å². The number of anilines is 2. The van der Waals surface area contributed by atoms with E-state index in [1.54, 1.807) is 12.1 Å². The van der Waals surface area contributed by atoms with Gasteiger partial charge >= 0.3 is 0 Å². The Morgan fingerprint density at radius 1 is 1.16 bits per heavy atom. The molecule has 0 saturated heterocycles. The molecule has 2 aromatic rings. The third-order valence-electron chi connectivity index (χ3n) is 3.88. The van der Waals surface area contributed by atoms with Crippen LogP contribution in [0, 0.1) is 0 Å². The highest BCUT2D eigenvalue weighted by Crippen LogP contribution is 2.24. The van der Waals surface area contributed by atoms with Gasteiger partial charge in [0.05, 0.1) is 6.04 Å². The summed E-state index contributed by atoms with van der Waals surface area (Å²) in [6.07, 6.45) is 0. The first-order chi connectivity index (χ1) is 11.9. The normalized spacial score (nSPS) is 11.5. The van der Waals surface area contributed by atoms with Gasteiger partial charge < -0.3 is 20.6 Å². The molecule has 0 radical (unpaired) electrons. The summed E-state index contributed by atoms with van der Waals surface area (Å²) in [5, 5.41) is 16.2. The van der Waals surface area contributed by atoms with Crippen LogP contribution in [0.25, 0.3) is 0 Å². The van der Waals surface area contributed by atoms with Gasteiger partial charge in [-0.25, -0.2) is 0 Å². The van der Waals surface area contributed by atoms with Gasteiger partial charge in [0.15, 0.2) is 5.11 Å². The molecule has 25 heavy (non-hydrogen) atoms. The Kier molecular flexibility index (Phi) is 6.36. The number of rotatable bonds is 5. The predicted octanol–water partition coefficient (Wildman–Crippen LogP) is 4.13. The van der Waals surface area contributed by atoms with E-state index in [9.17, 15) is 9.90 Å². The molecule has 2 aromatic carbocycles. The van der Waals surface area contributed by atoms with E-state index in [1.165, 1.54) is 6.92 Å². The third-order valence-corrected chi connectivity index (χ3v) is 4.21. The summed E-state index contributed by atoms with van der Waals surface area (Å²) >= 11 is 5.55. The lowest BCUT2D eigenvalue weighted by molar-refractivity contribution is -0.114. The van der Waals surface area contributed by atoms with E-state index in [0.29, 0.717) is 5.11 Å². The highest BCUT2D eigenvalue weighted by atomic mass is 32.1. The second-order valence-corrected chi connectivity index (χ2v) is 6.13. The van der Waals surface area contributed by atoms with E-state index in [4.69, 9.17) is 12.2 Å². The molecule has 0 heterocycles. The lowest BCUT2D eigenvalue weighted by Gasteiger charge is -2.31. The van der Waals surface area contributed by atoms with Gasteiger partial charge in [0.25, 0.3) is 0 Å². The number of benzene rings is 2. The molecule has 0 aliphatic carbocycles. The lowest BCUT2D eigenvalue weighted by atomic mass is 10.1. The first-order valence-electron chi connectivity index (χ1n) is 8.15. The summed E-state index contributed by atoms with van der Waals surface area (Å²) in [5.41, 5.74) is 2.58. The number of carbonyl (C=O) groups excluding carboxylic acids is 1. The van der Waals surface area contributed by atoms with E-state index in [-0.39, 0.29) is 17.7 Å². The minimum Gasteiger partial charge on any atom is -0.508 e. The molecule has 5 nitrogen and oxygen atoms in total. The number of nitrogens with zero attached hydrogens (tertiary/aromatic N) is 1. The number of nitrogens with one attached hydrogen (secondary N) is 2. The van der Waals surface area contributed by atoms with Crippen molar-refractivity contribution in [3.8, 4) is 5.75 Å². The monoisotopic (exact) mass is 357 g/mol. The topological polar surface area (TPSA) is 64.6 Å². The zero-order chi connectivity index (χ0) is 18.4. The van der Waals surface area contributed by atoms with Crippen molar-refractivity contribution in [3.63, 3.8) is 0 Å². The maximum Gasteiger partial charge on any atom is 0.221 e. The molecule has 0 saturated carbocycles. The van der Waals surface area contributed by atoms with Crippen LogP contribution in [0.5, 0.6) is 5.75 Å². The minimum atomic E-state index is -0.103. The Bertz CT molecular complexity index is 747. The zero-order valence-corrected chi connectivity index (χ0v) is 15.4. The average Bonchev–Trinajstić information content (AvgIpc) is 2.56. The van der Waals surface area contributed by atoms with Crippen LogP contribution in [-0.2, 0) is 4.79 Å². The van der Waals surface area contributed by atoms with Crippen LogP contribution in [0.3, 0.4) is 0 Å². The summed E-state index contributed by atoms with van der Waals surface area (Å²) < 4.78 is 0. The fraction of sp³-hybridized carbons (Fsp3) is 0.263. The number of phenols is 1. The molecule has 1 amide bonds.